The Labute approximate surface area is 74.8 Å². The molecule has 1 aromatic carbocycles. The summed E-state index contributed by atoms with van der Waals surface area (Å²) in [4.78, 5) is 11.0. The predicted octanol–water partition coefficient (Wildman–Crippen LogP) is 1.24. The van der Waals surface area contributed by atoms with Crippen LogP contribution < -0.4 is 0 Å². The van der Waals surface area contributed by atoms with Gasteiger partial charge in [0, 0.05) is 0 Å². The Bertz CT molecular complexity index is 323. The van der Waals surface area contributed by atoms with E-state index in [1.807, 2.05) is 0 Å². The van der Waals surface area contributed by atoms with Gasteiger partial charge in [-0.1, -0.05) is 12.1 Å². The number of halogens is 1. The zero-order valence-corrected chi connectivity index (χ0v) is 7.08. The molecule has 0 amide bonds. The van der Waals surface area contributed by atoms with Crippen molar-refractivity contribution >= 4 is 5.97 Å². The first-order valence-electron chi connectivity index (χ1n) is 3.70. The van der Waals surface area contributed by atoms with Gasteiger partial charge in [-0.3, -0.25) is 0 Å². The van der Waals surface area contributed by atoms with E-state index in [4.69, 9.17) is 5.11 Å². The fourth-order valence-electron chi connectivity index (χ4n) is 0.941. The minimum atomic E-state index is -0.858. The van der Waals surface area contributed by atoms with Crippen molar-refractivity contribution in [3.63, 3.8) is 0 Å². The molecule has 0 aliphatic carbocycles. The van der Waals surface area contributed by atoms with E-state index in [1.165, 1.54) is 6.07 Å². The van der Waals surface area contributed by atoms with Crippen LogP contribution in [-0.2, 0) is 4.74 Å². The highest BCUT2D eigenvalue weighted by Gasteiger charge is 2.13. The topological polar surface area (TPSA) is 46.5 Å². The molecule has 1 N–H and O–H groups in total. The fraction of sp³-hybridized carbons (Fsp3) is 0.222. The third-order valence-electron chi connectivity index (χ3n) is 1.61. The maximum absolute atomic E-state index is 13.2. The highest BCUT2D eigenvalue weighted by molar-refractivity contribution is 5.89. The van der Waals surface area contributed by atoms with Crippen molar-refractivity contribution in [2.24, 2.45) is 0 Å². The van der Waals surface area contributed by atoms with Gasteiger partial charge in [-0.05, 0) is 18.6 Å². The number of benzene rings is 1. The van der Waals surface area contributed by atoms with Gasteiger partial charge in [0.1, 0.15) is 5.82 Å². The van der Waals surface area contributed by atoms with E-state index in [0.29, 0.717) is 5.56 Å². The molecule has 0 bridgehead atoms. The van der Waals surface area contributed by atoms with Crippen molar-refractivity contribution < 1.29 is 19.0 Å². The van der Waals surface area contributed by atoms with Gasteiger partial charge in [0.2, 0.25) is 0 Å². The molecule has 0 aliphatic heterocycles. The molecule has 4 heteroatoms. The maximum Gasteiger partial charge on any atom is 0.343 e. The molecule has 3 nitrogen and oxygen atoms in total. The predicted molar refractivity (Wildman–Crippen MR) is 43.6 cm³/mol. The molecular formula is C9H9FO3. The molecule has 1 aromatic rings. The molecule has 13 heavy (non-hydrogen) atoms. The zero-order chi connectivity index (χ0) is 9.84. The lowest BCUT2D eigenvalue weighted by molar-refractivity contribution is 0.00639. The summed E-state index contributed by atoms with van der Waals surface area (Å²) >= 11 is 0. The Morgan fingerprint density at radius 2 is 2.31 bits per heavy atom. The Morgan fingerprint density at radius 1 is 1.62 bits per heavy atom. The quantitative estimate of drug-likeness (QED) is 0.555. The average Bonchev–Trinajstić information content (AvgIpc) is 2.10. The minimum absolute atomic E-state index is 0.158. The molecule has 0 fully saturated rings. The van der Waals surface area contributed by atoms with Gasteiger partial charge < -0.3 is 9.84 Å². The third-order valence-corrected chi connectivity index (χ3v) is 1.61. The SMILES string of the molecule is Cc1cccc(C(=O)OCO)c1F. The Morgan fingerprint density at radius 3 is 2.92 bits per heavy atom. The number of hydrogen-bond acceptors (Lipinski definition) is 3. The Kier molecular flexibility index (Phi) is 2.97. The summed E-state index contributed by atoms with van der Waals surface area (Å²) in [5, 5.41) is 8.29. The van der Waals surface area contributed by atoms with E-state index in [0.717, 1.165) is 0 Å². The van der Waals surface area contributed by atoms with Crippen molar-refractivity contribution in [2.75, 3.05) is 6.79 Å². The Hall–Kier alpha value is -1.42. The van der Waals surface area contributed by atoms with Crippen LogP contribution in [0.4, 0.5) is 4.39 Å². The number of carbonyl (C=O) groups excluding carboxylic acids is 1. The molecule has 0 heterocycles. The normalized spacial score (nSPS) is 9.77. The van der Waals surface area contributed by atoms with Crippen LogP contribution in [0.3, 0.4) is 0 Å². The summed E-state index contributed by atoms with van der Waals surface area (Å²) in [5.74, 6) is -1.47. The van der Waals surface area contributed by atoms with E-state index in [9.17, 15) is 9.18 Å². The summed E-state index contributed by atoms with van der Waals surface area (Å²) in [5.41, 5.74) is 0.210. The molecule has 0 saturated heterocycles. The van der Waals surface area contributed by atoms with E-state index >= 15 is 0 Å². The summed E-state index contributed by atoms with van der Waals surface area (Å²) < 4.78 is 17.4. The van der Waals surface area contributed by atoms with E-state index < -0.39 is 18.6 Å². The molecule has 0 radical (unpaired) electrons. The molecule has 0 atom stereocenters. The van der Waals surface area contributed by atoms with Crippen molar-refractivity contribution in [2.45, 2.75) is 6.92 Å². The third kappa shape index (κ3) is 2.03. The van der Waals surface area contributed by atoms with E-state index in [-0.39, 0.29) is 5.56 Å². The first kappa shape index (κ1) is 9.67. The highest BCUT2D eigenvalue weighted by Crippen LogP contribution is 2.12. The van der Waals surface area contributed by atoms with Crippen LogP contribution in [-0.4, -0.2) is 17.9 Å². The lowest BCUT2D eigenvalue weighted by Gasteiger charge is -2.03. The number of aliphatic hydroxyl groups excluding tert-OH is 1. The summed E-state index contributed by atoms with van der Waals surface area (Å²) in [6.45, 7) is 0.803. The monoisotopic (exact) mass is 184 g/mol. The van der Waals surface area contributed by atoms with Crippen LogP contribution in [0.5, 0.6) is 0 Å². The second-order valence-electron chi connectivity index (χ2n) is 2.50. The molecule has 0 unspecified atom stereocenters. The highest BCUT2D eigenvalue weighted by atomic mass is 19.1. The number of hydrogen-bond donors (Lipinski definition) is 1. The van der Waals surface area contributed by atoms with Crippen LogP contribution in [0.1, 0.15) is 15.9 Å². The summed E-state index contributed by atoms with van der Waals surface area (Å²) in [6, 6.07) is 4.40. The van der Waals surface area contributed by atoms with Crippen molar-refractivity contribution in [1.29, 1.82) is 0 Å². The lowest BCUT2D eigenvalue weighted by atomic mass is 10.1. The van der Waals surface area contributed by atoms with Crippen molar-refractivity contribution in [3.05, 3.63) is 35.1 Å². The van der Waals surface area contributed by atoms with Crippen LogP contribution in [0, 0.1) is 12.7 Å². The average molecular weight is 184 g/mol. The first-order chi connectivity index (χ1) is 6.16. The van der Waals surface area contributed by atoms with Crippen LogP contribution in [0.25, 0.3) is 0 Å². The molecule has 0 saturated carbocycles. The van der Waals surface area contributed by atoms with Crippen molar-refractivity contribution in [3.8, 4) is 0 Å². The zero-order valence-electron chi connectivity index (χ0n) is 7.08. The van der Waals surface area contributed by atoms with Crippen LogP contribution >= 0.6 is 0 Å². The van der Waals surface area contributed by atoms with Crippen molar-refractivity contribution in [1.82, 2.24) is 0 Å². The van der Waals surface area contributed by atoms with Gasteiger partial charge in [0.05, 0.1) is 5.56 Å². The molecule has 1 rings (SSSR count). The molecule has 70 valence electrons. The second kappa shape index (κ2) is 4.00. The fourth-order valence-corrected chi connectivity index (χ4v) is 0.941. The molecule has 0 aromatic heterocycles. The first-order valence-corrected chi connectivity index (χ1v) is 3.70. The minimum Gasteiger partial charge on any atom is -0.435 e. The van der Waals surface area contributed by atoms with Crippen LogP contribution in [0.15, 0.2) is 18.2 Å². The van der Waals surface area contributed by atoms with Gasteiger partial charge in [-0.25, -0.2) is 9.18 Å². The summed E-state index contributed by atoms with van der Waals surface area (Å²) in [6.07, 6.45) is 0. The second-order valence-corrected chi connectivity index (χ2v) is 2.50. The lowest BCUT2D eigenvalue weighted by Crippen LogP contribution is -2.08. The van der Waals surface area contributed by atoms with Crippen LogP contribution in [0.2, 0.25) is 0 Å². The standard InChI is InChI=1S/C9H9FO3/c1-6-3-2-4-7(8(6)10)9(12)13-5-11/h2-4,11H,5H2,1H3. The summed E-state index contributed by atoms with van der Waals surface area (Å²) in [7, 11) is 0. The number of aryl methyl sites for hydroxylation is 1. The molecule has 0 spiro atoms. The number of esters is 1. The number of ether oxygens (including phenoxy) is 1. The van der Waals surface area contributed by atoms with E-state index in [1.54, 1.807) is 19.1 Å². The maximum atomic E-state index is 13.2. The number of rotatable bonds is 2. The number of carbonyl (C=O) groups is 1. The smallest absolute Gasteiger partial charge is 0.343 e. The molecular weight excluding hydrogens is 175 g/mol. The largest absolute Gasteiger partial charge is 0.435 e. The van der Waals surface area contributed by atoms with Gasteiger partial charge in [0.15, 0.2) is 6.79 Å². The van der Waals surface area contributed by atoms with Gasteiger partial charge in [0.25, 0.3) is 0 Å². The number of aliphatic hydroxyl groups is 1. The van der Waals surface area contributed by atoms with Gasteiger partial charge in [-0.15, -0.1) is 0 Å². The van der Waals surface area contributed by atoms with Gasteiger partial charge in [-0.2, -0.15) is 0 Å². The van der Waals surface area contributed by atoms with E-state index in [2.05, 4.69) is 4.74 Å². The van der Waals surface area contributed by atoms with Gasteiger partial charge >= 0.3 is 5.97 Å². The Balaban J connectivity index is 3.01. The molecule has 0 aliphatic rings.